The van der Waals surface area contributed by atoms with E-state index in [1.54, 1.807) is 28.8 Å². The zero-order valence-electron chi connectivity index (χ0n) is 11.7. The van der Waals surface area contributed by atoms with E-state index in [2.05, 4.69) is 15.5 Å². The summed E-state index contributed by atoms with van der Waals surface area (Å²) in [4.78, 5) is 23.2. The summed E-state index contributed by atoms with van der Waals surface area (Å²) in [6.07, 6.45) is 0. The predicted octanol–water partition coefficient (Wildman–Crippen LogP) is 0.953. The maximum Gasteiger partial charge on any atom is 0.250 e. The fraction of sp³-hybridized carbons (Fsp3) is 0.231. The molecule has 1 heterocycles. The maximum absolute atomic E-state index is 11.9. The number of nitrogens with one attached hydrogen (secondary N) is 1. The van der Waals surface area contributed by atoms with Gasteiger partial charge in [0, 0.05) is 7.05 Å². The van der Waals surface area contributed by atoms with Crippen molar-refractivity contribution in [1.29, 1.82) is 0 Å². The van der Waals surface area contributed by atoms with Gasteiger partial charge in [-0.15, -0.1) is 10.2 Å². The van der Waals surface area contributed by atoms with Gasteiger partial charge in [0.25, 0.3) is 5.91 Å². The van der Waals surface area contributed by atoms with Crippen LogP contribution in [0.15, 0.2) is 29.4 Å². The van der Waals surface area contributed by atoms with Crippen molar-refractivity contribution in [2.45, 2.75) is 12.1 Å². The Morgan fingerprint density at radius 2 is 2.05 bits per heavy atom. The van der Waals surface area contributed by atoms with Crippen molar-refractivity contribution in [2.24, 2.45) is 12.8 Å². The molecule has 0 spiro atoms. The molecule has 0 fully saturated rings. The number of nitrogens with two attached hydrogens (primary N) is 1. The standard InChI is InChI=1S/C13H15N5O2S/c1-8-16-17-13(18(8)2)21-7-11(19)15-10-6-4-3-5-9(10)12(14)20/h3-6H,7H2,1-2H3,(H2,14,20)(H,15,19). The van der Waals surface area contributed by atoms with E-state index in [4.69, 9.17) is 5.73 Å². The molecule has 0 aliphatic heterocycles. The number of thioether (sulfide) groups is 1. The molecule has 110 valence electrons. The van der Waals surface area contributed by atoms with E-state index in [-0.39, 0.29) is 17.2 Å². The summed E-state index contributed by atoms with van der Waals surface area (Å²) >= 11 is 1.27. The topological polar surface area (TPSA) is 103 Å². The van der Waals surface area contributed by atoms with Gasteiger partial charge in [0.1, 0.15) is 5.82 Å². The summed E-state index contributed by atoms with van der Waals surface area (Å²) in [7, 11) is 1.83. The van der Waals surface area contributed by atoms with Crippen molar-refractivity contribution in [3.63, 3.8) is 0 Å². The van der Waals surface area contributed by atoms with Gasteiger partial charge in [0.05, 0.1) is 17.0 Å². The monoisotopic (exact) mass is 305 g/mol. The predicted molar refractivity (Wildman–Crippen MR) is 80.1 cm³/mol. The third-order valence-electron chi connectivity index (χ3n) is 2.85. The van der Waals surface area contributed by atoms with Crippen LogP contribution in [-0.4, -0.2) is 32.3 Å². The zero-order valence-corrected chi connectivity index (χ0v) is 12.5. The molecular weight excluding hydrogens is 290 g/mol. The Kier molecular flexibility index (Phi) is 4.59. The third kappa shape index (κ3) is 3.60. The molecule has 0 radical (unpaired) electrons. The number of aromatic nitrogens is 3. The first-order chi connectivity index (χ1) is 9.99. The van der Waals surface area contributed by atoms with Crippen molar-refractivity contribution in [3.8, 4) is 0 Å². The average Bonchev–Trinajstić information content (AvgIpc) is 2.77. The Bertz CT molecular complexity index is 683. The number of rotatable bonds is 5. The van der Waals surface area contributed by atoms with Gasteiger partial charge in [-0.2, -0.15) is 0 Å². The lowest BCUT2D eigenvalue weighted by Crippen LogP contribution is -2.19. The van der Waals surface area contributed by atoms with Crippen LogP contribution in [0.1, 0.15) is 16.2 Å². The second-order valence-corrected chi connectivity index (χ2v) is 5.28. The Morgan fingerprint density at radius 1 is 1.33 bits per heavy atom. The second-order valence-electron chi connectivity index (χ2n) is 4.34. The van der Waals surface area contributed by atoms with E-state index in [9.17, 15) is 9.59 Å². The molecule has 2 rings (SSSR count). The number of nitrogens with zero attached hydrogens (tertiary/aromatic N) is 3. The Labute approximate surface area is 125 Å². The minimum absolute atomic E-state index is 0.166. The molecule has 0 atom stereocenters. The van der Waals surface area contributed by atoms with Crippen LogP contribution in [0.3, 0.4) is 0 Å². The normalized spacial score (nSPS) is 10.4. The molecule has 8 heteroatoms. The van der Waals surface area contributed by atoms with E-state index in [1.165, 1.54) is 11.8 Å². The van der Waals surface area contributed by atoms with Crippen molar-refractivity contribution >= 4 is 29.3 Å². The number of primary amides is 1. The van der Waals surface area contributed by atoms with Crippen LogP contribution in [0.25, 0.3) is 0 Å². The van der Waals surface area contributed by atoms with E-state index in [1.807, 2.05) is 14.0 Å². The second kappa shape index (κ2) is 6.40. The van der Waals surface area contributed by atoms with E-state index >= 15 is 0 Å². The Hall–Kier alpha value is -2.35. The van der Waals surface area contributed by atoms with Gasteiger partial charge in [-0.1, -0.05) is 23.9 Å². The highest BCUT2D eigenvalue weighted by Gasteiger charge is 2.12. The molecule has 0 saturated carbocycles. The van der Waals surface area contributed by atoms with Gasteiger partial charge in [-0.05, 0) is 19.1 Å². The van der Waals surface area contributed by atoms with Gasteiger partial charge in [-0.25, -0.2) is 0 Å². The van der Waals surface area contributed by atoms with Crippen molar-refractivity contribution in [3.05, 3.63) is 35.7 Å². The van der Waals surface area contributed by atoms with E-state index in [0.29, 0.717) is 10.8 Å². The number of benzene rings is 1. The molecule has 1 aromatic carbocycles. The summed E-state index contributed by atoms with van der Waals surface area (Å²) in [5, 5.41) is 11.2. The minimum Gasteiger partial charge on any atom is -0.366 e. The van der Waals surface area contributed by atoms with E-state index < -0.39 is 5.91 Å². The molecule has 0 aliphatic rings. The van der Waals surface area contributed by atoms with Gasteiger partial charge < -0.3 is 15.6 Å². The van der Waals surface area contributed by atoms with Crippen LogP contribution >= 0.6 is 11.8 Å². The average molecular weight is 305 g/mol. The van der Waals surface area contributed by atoms with Crippen LogP contribution in [0.2, 0.25) is 0 Å². The van der Waals surface area contributed by atoms with Crippen LogP contribution in [0, 0.1) is 6.92 Å². The fourth-order valence-corrected chi connectivity index (χ4v) is 2.39. The molecule has 0 bridgehead atoms. The van der Waals surface area contributed by atoms with Crippen LogP contribution < -0.4 is 11.1 Å². The first-order valence-electron chi connectivity index (χ1n) is 6.16. The highest BCUT2D eigenvalue weighted by molar-refractivity contribution is 7.99. The number of hydrogen-bond acceptors (Lipinski definition) is 5. The van der Waals surface area contributed by atoms with Crippen LogP contribution in [-0.2, 0) is 11.8 Å². The summed E-state index contributed by atoms with van der Waals surface area (Å²) in [6, 6.07) is 6.61. The lowest BCUT2D eigenvalue weighted by molar-refractivity contribution is -0.113. The SMILES string of the molecule is Cc1nnc(SCC(=O)Nc2ccccc2C(N)=O)n1C. The number of aryl methyl sites for hydroxylation is 1. The van der Waals surface area contributed by atoms with Crippen LogP contribution in [0.4, 0.5) is 5.69 Å². The molecular formula is C13H15N5O2S. The number of para-hydroxylation sites is 1. The third-order valence-corrected chi connectivity index (χ3v) is 3.87. The molecule has 0 saturated heterocycles. The van der Waals surface area contributed by atoms with Crippen LogP contribution in [0.5, 0.6) is 0 Å². The van der Waals surface area contributed by atoms with E-state index in [0.717, 1.165) is 5.82 Å². The minimum atomic E-state index is -0.581. The van der Waals surface area contributed by atoms with Gasteiger partial charge >= 0.3 is 0 Å². The largest absolute Gasteiger partial charge is 0.366 e. The number of anilines is 1. The number of hydrogen-bond donors (Lipinski definition) is 2. The first-order valence-corrected chi connectivity index (χ1v) is 7.15. The molecule has 2 aromatic rings. The summed E-state index contributed by atoms with van der Waals surface area (Å²) in [5.41, 5.74) is 5.95. The summed E-state index contributed by atoms with van der Waals surface area (Å²) in [6.45, 7) is 1.83. The molecule has 2 amide bonds. The molecule has 1 aromatic heterocycles. The van der Waals surface area contributed by atoms with Gasteiger partial charge in [-0.3, -0.25) is 9.59 Å². The molecule has 0 unspecified atom stereocenters. The first kappa shape index (κ1) is 15.0. The number of carbonyl (C=O) groups is 2. The lowest BCUT2D eigenvalue weighted by Gasteiger charge is -2.08. The van der Waals surface area contributed by atoms with Crippen molar-refractivity contribution in [2.75, 3.05) is 11.1 Å². The quantitative estimate of drug-likeness (QED) is 0.801. The number of carbonyl (C=O) groups excluding carboxylic acids is 2. The Morgan fingerprint density at radius 3 is 2.67 bits per heavy atom. The van der Waals surface area contributed by atoms with Gasteiger partial charge in [0.15, 0.2) is 5.16 Å². The Balaban J connectivity index is 1.99. The smallest absolute Gasteiger partial charge is 0.250 e. The fourth-order valence-electron chi connectivity index (χ4n) is 1.64. The highest BCUT2D eigenvalue weighted by atomic mass is 32.2. The van der Waals surface area contributed by atoms with Crippen molar-refractivity contribution in [1.82, 2.24) is 14.8 Å². The molecule has 21 heavy (non-hydrogen) atoms. The maximum atomic E-state index is 11.9. The van der Waals surface area contributed by atoms with Gasteiger partial charge in [0.2, 0.25) is 5.91 Å². The summed E-state index contributed by atoms with van der Waals surface area (Å²) in [5.74, 6) is 0.118. The molecule has 7 nitrogen and oxygen atoms in total. The summed E-state index contributed by atoms with van der Waals surface area (Å²) < 4.78 is 1.80. The number of amides is 2. The highest BCUT2D eigenvalue weighted by Crippen LogP contribution is 2.18. The lowest BCUT2D eigenvalue weighted by atomic mass is 10.1. The molecule has 0 aliphatic carbocycles. The molecule has 3 N–H and O–H groups in total. The zero-order chi connectivity index (χ0) is 15.4. The van der Waals surface area contributed by atoms with Crippen molar-refractivity contribution < 1.29 is 9.59 Å².